The number of carbonyl (C=O) groups is 4. The number of esters is 4. The van der Waals surface area contributed by atoms with E-state index >= 15 is 19.2 Å². The second-order valence-corrected chi connectivity index (χ2v) is 22.5. The topological polar surface area (TPSA) is 105 Å². The number of thiophene rings is 2. The normalized spacial score (nSPS) is 15.2. The van der Waals surface area contributed by atoms with Gasteiger partial charge in [-0.05, 0) is 57.7 Å². The molecule has 14 heteroatoms. The number of carbonyl (C=O) groups excluding carboxylic acids is 4. The van der Waals surface area contributed by atoms with Crippen LogP contribution in [0.5, 0.6) is 0 Å². The van der Waals surface area contributed by atoms with Crippen LogP contribution in [-0.2, 0) is 75.4 Å². The average Bonchev–Trinajstić information content (AvgIpc) is 3.80. The van der Waals surface area contributed by atoms with Gasteiger partial charge in [0, 0.05) is 54.3 Å². The van der Waals surface area contributed by atoms with Crippen LogP contribution in [0.15, 0.2) is 204 Å². The van der Waals surface area contributed by atoms with Crippen molar-refractivity contribution in [3.05, 3.63) is 270 Å². The first-order chi connectivity index (χ1) is 38.0. The minimum atomic E-state index is -2.30. The third-order valence-corrected chi connectivity index (χ3v) is 18.5. The highest BCUT2D eigenvalue weighted by atomic mass is 32.1. The molecule has 0 saturated carbocycles. The van der Waals surface area contributed by atoms with Crippen molar-refractivity contribution in [1.82, 2.24) is 0 Å². The molecule has 78 heavy (non-hydrogen) atoms. The SMILES string of the molecule is O=C(OCc1ccccc1)C1(C(=O)OCc2ccccc2)C(C=C2C(=S)c3ccccc3C2=S)=Cc2sc3c4c(sc3c21)C=C(C=C1C(=S)c2ccccc2C1=S)C4(C(=O)OCc1ccccc1)C(=O)OCc1ccccc1. The highest BCUT2D eigenvalue weighted by Gasteiger charge is 2.63. The van der Waals surface area contributed by atoms with Gasteiger partial charge in [0.15, 0.2) is 0 Å². The Hall–Kier alpha value is -7.82. The summed E-state index contributed by atoms with van der Waals surface area (Å²) in [4.78, 5) is 65.9. The monoisotopic (exact) mass is 1130 g/mol. The van der Waals surface area contributed by atoms with Gasteiger partial charge in [-0.15, -0.1) is 22.7 Å². The Bertz CT molecular complexity index is 3570. The summed E-state index contributed by atoms with van der Waals surface area (Å²) < 4.78 is 26.1. The van der Waals surface area contributed by atoms with Crippen LogP contribution in [0.2, 0.25) is 0 Å². The second kappa shape index (κ2) is 20.9. The van der Waals surface area contributed by atoms with Crippen LogP contribution in [0, 0.1) is 0 Å². The van der Waals surface area contributed by atoms with Crippen molar-refractivity contribution in [2.24, 2.45) is 0 Å². The molecule has 380 valence electrons. The van der Waals surface area contributed by atoms with Gasteiger partial charge in [0.25, 0.3) is 0 Å². The molecule has 4 aliphatic carbocycles. The van der Waals surface area contributed by atoms with Crippen molar-refractivity contribution < 1.29 is 38.1 Å². The molecule has 6 aromatic carbocycles. The van der Waals surface area contributed by atoms with Crippen LogP contribution in [-0.4, -0.2) is 43.3 Å². The summed E-state index contributed by atoms with van der Waals surface area (Å²) >= 11 is 26.8. The van der Waals surface area contributed by atoms with Gasteiger partial charge >= 0.3 is 23.9 Å². The second-order valence-electron chi connectivity index (χ2n) is 18.8. The van der Waals surface area contributed by atoms with Gasteiger partial charge < -0.3 is 18.9 Å². The molecule has 0 radical (unpaired) electrons. The fourth-order valence-electron chi connectivity index (χ4n) is 10.5. The molecule has 0 fully saturated rings. The Labute approximate surface area is 478 Å². The standard InChI is InChI=1S/C64H40O8S6/c65-59(69-33-37-17-5-1-6-18-37)63(60(66)70-34-38-19-7-2-8-20-38)41(29-47-53(73)43-25-13-14-26-44(43)54(47)74)31-49-51(63)57-58(77-49)52-50(78-57)32-42(30-48-55(75)45-27-15-16-28-46(45)56(48)76)64(52,61(67)71-35-39-21-9-3-10-22-39)62(68)72-36-40-23-11-4-12-24-40/h1-32H,33-36H2. The van der Waals surface area contributed by atoms with Crippen molar-refractivity contribution in [3.8, 4) is 0 Å². The predicted molar refractivity (Wildman–Crippen MR) is 320 cm³/mol. The number of thiocarbonyl (C=S) groups is 4. The lowest BCUT2D eigenvalue weighted by Crippen LogP contribution is -2.46. The van der Waals surface area contributed by atoms with Gasteiger partial charge in [-0.1, -0.05) is 219 Å². The lowest BCUT2D eigenvalue weighted by molar-refractivity contribution is -0.166. The summed E-state index contributed by atoms with van der Waals surface area (Å²) in [6, 6.07) is 51.7. The quantitative estimate of drug-likeness (QED) is 0.0340. The molecule has 4 aliphatic rings. The molecule has 0 atom stereocenters. The minimum absolute atomic E-state index is 0.180. The highest BCUT2D eigenvalue weighted by molar-refractivity contribution is 7.84. The zero-order valence-electron chi connectivity index (χ0n) is 41.0. The van der Waals surface area contributed by atoms with E-state index in [9.17, 15) is 0 Å². The summed E-state index contributed by atoms with van der Waals surface area (Å²) in [5.74, 6) is -3.64. The van der Waals surface area contributed by atoms with E-state index in [0.717, 1.165) is 22.3 Å². The van der Waals surface area contributed by atoms with Crippen molar-refractivity contribution in [2.75, 3.05) is 0 Å². The molecule has 0 spiro atoms. The summed E-state index contributed by atoms with van der Waals surface area (Å²) in [5, 5.41) is 0. The average molecular weight is 1130 g/mol. The minimum Gasteiger partial charge on any atom is -0.459 e. The number of allylic oxidation sites excluding steroid dienone is 4. The third kappa shape index (κ3) is 8.51. The van der Waals surface area contributed by atoms with Crippen molar-refractivity contribution in [3.63, 3.8) is 0 Å². The summed E-state index contributed by atoms with van der Waals surface area (Å²) in [6.45, 7) is -0.718. The van der Waals surface area contributed by atoms with Crippen LogP contribution in [0.25, 0.3) is 21.6 Å². The summed E-state index contributed by atoms with van der Waals surface area (Å²) in [6.07, 6.45) is 6.93. The molecule has 12 rings (SSSR count). The molecule has 2 aromatic heterocycles. The van der Waals surface area contributed by atoms with Crippen LogP contribution < -0.4 is 0 Å². The van der Waals surface area contributed by atoms with Gasteiger partial charge in [0.2, 0.25) is 10.8 Å². The van der Waals surface area contributed by atoms with Gasteiger partial charge in [0.1, 0.15) is 26.4 Å². The van der Waals surface area contributed by atoms with Crippen LogP contribution in [0.4, 0.5) is 0 Å². The molecular weight excluding hydrogens is 1090 g/mol. The lowest BCUT2D eigenvalue weighted by atomic mass is 9.75. The Morgan fingerprint density at radius 2 is 0.615 bits per heavy atom. The van der Waals surface area contributed by atoms with E-state index in [1.165, 1.54) is 22.7 Å². The predicted octanol–water partition coefficient (Wildman–Crippen LogP) is 13.4. The maximum Gasteiger partial charge on any atom is 0.333 e. The maximum atomic E-state index is 15.8. The number of fused-ring (bicyclic) bond motifs is 7. The molecule has 0 saturated heterocycles. The first-order valence-electron chi connectivity index (χ1n) is 24.7. The van der Waals surface area contributed by atoms with E-state index in [4.69, 9.17) is 67.8 Å². The molecule has 8 aromatic rings. The van der Waals surface area contributed by atoms with Crippen molar-refractivity contribution in [2.45, 2.75) is 37.3 Å². The van der Waals surface area contributed by atoms with Gasteiger partial charge in [-0.3, -0.25) is 19.2 Å². The van der Waals surface area contributed by atoms with Crippen LogP contribution in [0.3, 0.4) is 0 Å². The molecule has 2 heterocycles. The number of ether oxygens (including phenoxy) is 4. The highest BCUT2D eigenvalue weighted by Crippen LogP contribution is 2.60. The molecule has 0 aliphatic heterocycles. The fourth-order valence-corrected chi connectivity index (χ4v) is 15.0. The Balaban J connectivity index is 1.09. The molecule has 0 amide bonds. The Morgan fingerprint density at radius 1 is 0.372 bits per heavy atom. The number of hydrogen-bond donors (Lipinski definition) is 0. The zero-order chi connectivity index (χ0) is 53.7. The Morgan fingerprint density at radius 3 is 0.872 bits per heavy atom. The number of rotatable bonds is 14. The smallest absolute Gasteiger partial charge is 0.333 e. The molecule has 0 bridgehead atoms. The van der Waals surface area contributed by atoms with E-state index in [-0.39, 0.29) is 48.7 Å². The fraction of sp³-hybridized carbons (Fsp3) is 0.0938. The summed E-state index contributed by atoms with van der Waals surface area (Å²) in [7, 11) is 0. The molecule has 0 unspecified atom stereocenters. The zero-order valence-corrected chi connectivity index (χ0v) is 45.9. The first-order valence-corrected chi connectivity index (χ1v) is 28.0. The molecular formula is C64H40O8S6. The van der Waals surface area contributed by atoms with E-state index in [1.807, 2.05) is 170 Å². The number of benzene rings is 6. The maximum absolute atomic E-state index is 15.8. The van der Waals surface area contributed by atoms with Gasteiger partial charge in [-0.2, -0.15) is 0 Å². The summed E-state index contributed by atoms with van der Waals surface area (Å²) in [5.41, 5.74) is 3.12. The lowest BCUT2D eigenvalue weighted by Gasteiger charge is -2.29. The van der Waals surface area contributed by atoms with Gasteiger partial charge in [-0.25, -0.2) is 0 Å². The van der Waals surface area contributed by atoms with Crippen LogP contribution in [0.1, 0.15) is 65.4 Å². The molecule has 8 nitrogen and oxygen atoms in total. The van der Waals surface area contributed by atoms with E-state index < -0.39 is 34.7 Å². The van der Waals surface area contributed by atoms with E-state index in [1.54, 1.807) is 24.3 Å². The van der Waals surface area contributed by atoms with Crippen LogP contribution >= 0.6 is 71.5 Å². The molecule has 0 N–H and O–H groups in total. The number of hydrogen-bond acceptors (Lipinski definition) is 14. The largest absolute Gasteiger partial charge is 0.459 e. The van der Waals surface area contributed by atoms with Crippen molar-refractivity contribution >= 4 is 136 Å². The van der Waals surface area contributed by atoms with Crippen molar-refractivity contribution in [1.29, 1.82) is 0 Å². The van der Waals surface area contributed by atoms with E-state index in [2.05, 4.69) is 0 Å². The third-order valence-electron chi connectivity index (χ3n) is 14.3. The first kappa shape index (κ1) is 51.0. The Kier molecular flexibility index (Phi) is 13.6. The van der Waals surface area contributed by atoms with Gasteiger partial charge in [0.05, 0.1) is 28.9 Å². The van der Waals surface area contributed by atoms with E-state index in [0.29, 0.717) is 72.0 Å².